The fourth-order valence-electron chi connectivity index (χ4n) is 2.73. The zero-order valence-electron chi connectivity index (χ0n) is 14.1. The van der Waals surface area contributed by atoms with E-state index in [-0.39, 0.29) is 24.2 Å². The second kappa shape index (κ2) is 8.33. The standard InChI is InChI=1S/C17H22N4O3.ClH/c1-12(18)17(23)19-14-2-3-15-13(10-14)4-5-21(15)11-16(22)20-6-8-24-9-7-20;/h2-5,10,12H,6-9,11,18H2,1H3,(H,19,23);1H/t12-;/m0./s1. The molecule has 3 rings (SSSR count). The number of hydrogen-bond acceptors (Lipinski definition) is 4. The Labute approximate surface area is 152 Å². The lowest BCUT2D eigenvalue weighted by atomic mass is 10.2. The number of hydrogen-bond donors (Lipinski definition) is 2. The van der Waals surface area contributed by atoms with Gasteiger partial charge in [0.2, 0.25) is 11.8 Å². The van der Waals surface area contributed by atoms with E-state index in [0.29, 0.717) is 38.5 Å². The number of nitrogens with two attached hydrogens (primary N) is 1. The van der Waals surface area contributed by atoms with E-state index >= 15 is 0 Å². The number of halogens is 1. The van der Waals surface area contributed by atoms with Crippen LogP contribution in [-0.2, 0) is 20.9 Å². The number of anilines is 1. The summed E-state index contributed by atoms with van der Waals surface area (Å²) in [6, 6.07) is 6.97. The van der Waals surface area contributed by atoms with Gasteiger partial charge in [0.15, 0.2) is 0 Å². The van der Waals surface area contributed by atoms with Gasteiger partial charge in [0.1, 0.15) is 6.54 Å². The topological polar surface area (TPSA) is 89.6 Å². The summed E-state index contributed by atoms with van der Waals surface area (Å²) in [5.41, 5.74) is 7.21. The predicted octanol–water partition coefficient (Wildman–Crippen LogP) is 1.21. The minimum atomic E-state index is -0.559. The Morgan fingerprint density at radius 3 is 2.68 bits per heavy atom. The van der Waals surface area contributed by atoms with E-state index < -0.39 is 6.04 Å². The molecule has 7 nitrogen and oxygen atoms in total. The number of carbonyl (C=O) groups excluding carboxylic acids is 2. The Bertz CT molecular complexity index is 753. The lowest BCUT2D eigenvalue weighted by Gasteiger charge is -2.27. The van der Waals surface area contributed by atoms with E-state index in [4.69, 9.17) is 10.5 Å². The summed E-state index contributed by atoms with van der Waals surface area (Å²) in [4.78, 5) is 25.9. The molecule has 2 aromatic rings. The smallest absolute Gasteiger partial charge is 0.242 e. The molecule has 0 aliphatic carbocycles. The van der Waals surface area contributed by atoms with Crippen molar-refractivity contribution in [1.82, 2.24) is 9.47 Å². The molecule has 1 aromatic carbocycles. The highest BCUT2D eigenvalue weighted by Crippen LogP contribution is 2.21. The number of amides is 2. The number of fused-ring (bicyclic) bond motifs is 1. The van der Waals surface area contributed by atoms with Crippen molar-refractivity contribution in [2.24, 2.45) is 5.73 Å². The van der Waals surface area contributed by atoms with Crippen molar-refractivity contribution in [2.75, 3.05) is 31.6 Å². The van der Waals surface area contributed by atoms with Crippen LogP contribution in [0.1, 0.15) is 6.92 Å². The number of carbonyl (C=O) groups is 2. The molecule has 1 aliphatic rings. The highest BCUT2D eigenvalue weighted by Gasteiger charge is 2.17. The van der Waals surface area contributed by atoms with Gasteiger partial charge in [-0.05, 0) is 31.2 Å². The number of benzene rings is 1. The van der Waals surface area contributed by atoms with Crippen LogP contribution in [0.2, 0.25) is 0 Å². The minimum absolute atomic E-state index is 0. The van der Waals surface area contributed by atoms with Crippen LogP contribution in [0.5, 0.6) is 0 Å². The van der Waals surface area contributed by atoms with Gasteiger partial charge >= 0.3 is 0 Å². The number of ether oxygens (including phenoxy) is 1. The van der Waals surface area contributed by atoms with Crippen LogP contribution in [0.15, 0.2) is 30.5 Å². The van der Waals surface area contributed by atoms with Crippen LogP contribution in [0, 0.1) is 0 Å². The number of aromatic nitrogens is 1. The minimum Gasteiger partial charge on any atom is -0.378 e. The molecule has 3 N–H and O–H groups in total. The van der Waals surface area contributed by atoms with Crippen LogP contribution >= 0.6 is 12.4 Å². The molecular formula is C17H23ClN4O3. The molecule has 1 aromatic heterocycles. The highest BCUT2D eigenvalue weighted by atomic mass is 35.5. The van der Waals surface area contributed by atoms with Gasteiger partial charge in [-0.3, -0.25) is 9.59 Å². The molecule has 2 amide bonds. The number of nitrogens with zero attached hydrogens (tertiary/aromatic N) is 2. The number of morpholine rings is 1. The Hall–Kier alpha value is -2.09. The molecule has 0 spiro atoms. The summed E-state index contributed by atoms with van der Waals surface area (Å²) in [6.07, 6.45) is 1.89. The van der Waals surface area contributed by atoms with E-state index in [2.05, 4.69) is 5.32 Å². The van der Waals surface area contributed by atoms with E-state index in [9.17, 15) is 9.59 Å². The number of nitrogens with one attached hydrogen (secondary N) is 1. The van der Waals surface area contributed by atoms with Crippen molar-refractivity contribution in [3.8, 4) is 0 Å². The average molecular weight is 367 g/mol. The third-order valence-corrected chi connectivity index (χ3v) is 4.12. The van der Waals surface area contributed by atoms with Gasteiger partial charge in [0.05, 0.1) is 19.3 Å². The molecule has 8 heteroatoms. The van der Waals surface area contributed by atoms with Crippen LogP contribution in [-0.4, -0.2) is 53.6 Å². The maximum absolute atomic E-state index is 12.4. The monoisotopic (exact) mass is 366 g/mol. The first kappa shape index (κ1) is 19.2. The lowest BCUT2D eigenvalue weighted by Crippen LogP contribution is -2.42. The maximum atomic E-state index is 12.4. The average Bonchev–Trinajstić information content (AvgIpc) is 2.97. The summed E-state index contributed by atoms with van der Waals surface area (Å²) in [5, 5.41) is 3.74. The van der Waals surface area contributed by atoms with Crippen molar-refractivity contribution >= 4 is 40.8 Å². The normalized spacial score (nSPS) is 15.5. The summed E-state index contributed by atoms with van der Waals surface area (Å²) in [5.74, 6) is -0.138. The van der Waals surface area contributed by atoms with Crippen LogP contribution in [0.4, 0.5) is 5.69 Å². The van der Waals surface area contributed by atoms with Crippen LogP contribution in [0.25, 0.3) is 10.9 Å². The Morgan fingerprint density at radius 2 is 2.00 bits per heavy atom. The van der Waals surface area contributed by atoms with E-state index in [1.54, 1.807) is 6.92 Å². The molecule has 25 heavy (non-hydrogen) atoms. The molecule has 2 heterocycles. The molecule has 136 valence electrons. The van der Waals surface area contributed by atoms with Gasteiger partial charge in [0.25, 0.3) is 0 Å². The third-order valence-electron chi connectivity index (χ3n) is 4.12. The largest absolute Gasteiger partial charge is 0.378 e. The van der Waals surface area contributed by atoms with Crippen LogP contribution in [0.3, 0.4) is 0 Å². The van der Waals surface area contributed by atoms with Gasteiger partial charge in [-0.1, -0.05) is 0 Å². The van der Waals surface area contributed by atoms with Crippen molar-refractivity contribution < 1.29 is 14.3 Å². The molecule has 1 fully saturated rings. The van der Waals surface area contributed by atoms with Crippen molar-refractivity contribution in [3.63, 3.8) is 0 Å². The summed E-state index contributed by atoms with van der Waals surface area (Å²) < 4.78 is 7.19. The third kappa shape index (κ3) is 4.50. The Morgan fingerprint density at radius 1 is 1.28 bits per heavy atom. The van der Waals surface area contributed by atoms with Crippen molar-refractivity contribution in [1.29, 1.82) is 0 Å². The lowest BCUT2D eigenvalue weighted by molar-refractivity contribution is -0.135. The second-order valence-corrected chi connectivity index (χ2v) is 5.99. The molecule has 1 aliphatic heterocycles. The molecule has 0 radical (unpaired) electrons. The van der Waals surface area contributed by atoms with Crippen molar-refractivity contribution in [2.45, 2.75) is 19.5 Å². The first-order chi connectivity index (χ1) is 11.5. The molecule has 0 bridgehead atoms. The van der Waals surface area contributed by atoms with Gasteiger partial charge in [-0.2, -0.15) is 0 Å². The quantitative estimate of drug-likeness (QED) is 0.851. The van der Waals surface area contributed by atoms with Gasteiger partial charge < -0.3 is 25.3 Å². The molecular weight excluding hydrogens is 344 g/mol. The Kier molecular flexibility index (Phi) is 6.41. The first-order valence-electron chi connectivity index (χ1n) is 8.05. The summed E-state index contributed by atoms with van der Waals surface area (Å²) >= 11 is 0. The highest BCUT2D eigenvalue weighted by molar-refractivity contribution is 5.96. The van der Waals surface area contributed by atoms with Crippen molar-refractivity contribution in [3.05, 3.63) is 30.5 Å². The fourth-order valence-corrected chi connectivity index (χ4v) is 2.73. The van der Waals surface area contributed by atoms with E-state index in [0.717, 1.165) is 10.9 Å². The van der Waals surface area contributed by atoms with Gasteiger partial charge in [-0.25, -0.2) is 0 Å². The Balaban J connectivity index is 0.00000225. The first-order valence-corrected chi connectivity index (χ1v) is 8.05. The van der Waals surface area contributed by atoms with Gasteiger partial charge in [-0.15, -0.1) is 12.4 Å². The molecule has 1 saturated heterocycles. The van der Waals surface area contributed by atoms with Gasteiger partial charge in [0, 0.05) is 35.9 Å². The van der Waals surface area contributed by atoms with E-state index in [1.807, 2.05) is 39.9 Å². The van der Waals surface area contributed by atoms with E-state index in [1.165, 1.54) is 0 Å². The SMILES string of the molecule is C[C@H](N)C(=O)Nc1ccc2c(ccn2CC(=O)N2CCOCC2)c1.Cl. The molecule has 1 atom stereocenters. The second-order valence-electron chi connectivity index (χ2n) is 5.99. The molecule has 0 unspecified atom stereocenters. The zero-order chi connectivity index (χ0) is 17.1. The molecule has 0 saturated carbocycles. The predicted molar refractivity (Wildman–Crippen MR) is 98.9 cm³/mol. The zero-order valence-corrected chi connectivity index (χ0v) is 14.9. The fraction of sp³-hybridized carbons (Fsp3) is 0.412. The maximum Gasteiger partial charge on any atom is 0.242 e. The number of rotatable bonds is 4. The summed E-state index contributed by atoms with van der Waals surface area (Å²) in [6.45, 7) is 4.43. The summed E-state index contributed by atoms with van der Waals surface area (Å²) in [7, 11) is 0. The van der Waals surface area contributed by atoms with Crippen LogP contribution < -0.4 is 11.1 Å².